The summed E-state index contributed by atoms with van der Waals surface area (Å²) in [4.78, 5) is 15.9. The van der Waals surface area contributed by atoms with Gasteiger partial charge in [-0.05, 0) is 62.2 Å². The predicted octanol–water partition coefficient (Wildman–Crippen LogP) is 2.62. The van der Waals surface area contributed by atoms with Crippen LogP contribution in [0.5, 0.6) is 0 Å². The van der Waals surface area contributed by atoms with Crippen molar-refractivity contribution in [2.24, 2.45) is 5.92 Å². The van der Waals surface area contributed by atoms with Crippen LogP contribution in [-0.4, -0.2) is 42.7 Å². The average molecular weight is 290 g/mol. The van der Waals surface area contributed by atoms with Crippen molar-refractivity contribution in [1.82, 2.24) is 10.2 Å². The fourth-order valence-electron chi connectivity index (χ4n) is 2.88. The molecule has 20 heavy (non-hydrogen) atoms. The van der Waals surface area contributed by atoms with Crippen molar-refractivity contribution in [1.29, 1.82) is 0 Å². The molecule has 1 unspecified atom stereocenters. The highest BCUT2D eigenvalue weighted by Crippen LogP contribution is 2.31. The number of likely N-dealkylation sites (tertiary alicyclic amines) is 1. The van der Waals surface area contributed by atoms with Gasteiger partial charge in [-0.15, -0.1) is 11.8 Å². The second-order valence-corrected chi connectivity index (χ2v) is 6.70. The molecular formula is C16H22N2OS. The summed E-state index contributed by atoms with van der Waals surface area (Å²) < 4.78 is 0. The van der Waals surface area contributed by atoms with Crippen LogP contribution in [0.1, 0.15) is 29.6 Å². The van der Waals surface area contributed by atoms with Crippen LogP contribution in [0.15, 0.2) is 29.2 Å². The van der Waals surface area contributed by atoms with Gasteiger partial charge in [0.15, 0.2) is 0 Å². The Bertz CT molecular complexity index is 470. The minimum absolute atomic E-state index is 0.0579. The van der Waals surface area contributed by atoms with Crippen LogP contribution < -0.4 is 5.32 Å². The highest BCUT2D eigenvalue weighted by Gasteiger charge is 2.34. The molecule has 1 saturated heterocycles. The zero-order chi connectivity index (χ0) is 13.9. The zero-order valence-electron chi connectivity index (χ0n) is 12.0. The van der Waals surface area contributed by atoms with Gasteiger partial charge in [0.1, 0.15) is 0 Å². The first kappa shape index (κ1) is 14.0. The van der Waals surface area contributed by atoms with Gasteiger partial charge in [0.05, 0.1) is 0 Å². The van der Waals surface area contributed by atoms with Gasteiger partial charge in [0.2, 0.25) is 0 Å². The number of hydrogen-bond donors (Lipinski definition) is 1. The molecule has 2 aliphatic rings. The van der Waals surface area contributed by atoms with E-state index in [-0.39, 0.29) is 5.91 Å². The van der Waals surface area contributed by atoms with Crippen LogP contribution in [-0.2, 0) is 0 Å². The van der Waals surface area contributed by atoms with Crippen LogP contribution in [0.25, 0.3) is 0 Å². The van der Waals surface area contributed by atoms with Crippen molar-refractivity contribution in [3.8, 4) is 0 Å². The van der Waals surface area contributed by atoms with Crippen LogP contribution in [0.4, 0.5) is 0 Å². The molecular weight excluding hydrogens is 268 g/mol. The number of rotatable bonds is 5. The molecule has 3 nitrogen and oxygen atoms in total. The molecule has 0 radical (unpaired) electrons. The minimum Gasteiger partial charge on any atom is -0.352 e. The second kappa shape index (κ2) is 6.19. The molecule has 1 aromatic carbocycles. The van der Waals surface area contributed by atoms with E-state index in [1.807, 2.05) is 30.5 Å². The van der Waals surface area contributed by atoms with Crippen molar-refractivity contribution >= 4 is 17.7 Å². The molecule has 0 bridgehead atoms. The summed E-state index contributed by atoms with van der Waals surface area (Å²) in [5.41, 5.74) is 0.764. The van der Waals surface area contributed by atoms with E-state index >= 15 is 0 Å². The van der Waals surface area contributed by atoms with Crippen molar-refractivity contribution in [3.63, 3.8) is 0 Å². The first-order valence-corrected chi connectivity index (χ1v) is 8.65. The lowest BCUT2D eigenvalue weighted by molar-refractivity contribution is 0.0947. The van der Waals surface area contributed by atoms with E-state index in [0.29, 0.717) is 5.92 Å². The van der Waals surface area contributed by atoms with E-state index in [1.165, 1.54) is 30.7 Å². The van der Waals surface area contributed by atoms with E-state index in [9.17, 15) is 4.79 Å². The number of nitrogens with zero attached hydrogens (tertiary/aromatic N) is 1. The van der Waals surface area contributed by atoms with E-state index < -0.39 is 0 Å². The van der Waals surface area contributed by atoms with Gasteiger partial charge in [0, 0.05) is 29.6 Å². The van der Waals surface area contributed by atoms with E-state index in [2.05, 4.69) is 10.2 Å². The highest BCUT2D eigenvalue weighted by molar-refractivity contribution is 7.98. The summed E-state index contributed by atoms with van der Waals surface area (Å²) in [6.45, 7) is 3.19. The van der Waals surface area contributed by atoms with Crippen LogP contribution in [0.3, 0.4) is 0 Å². The summed E-state index contributed by atoms with van der Waals surface area (Å²) in [6, 6.07) is 8.68. The number of carbonyl (C=O) groups excluding carboxylic acids is 1. The third-order valence-electron chi connectivity index (χ3n) is 4.28. The monoisotopic (exact) mass is 290 g/mol. The molecule has 1 aliphatic carbocycles. The molecule has 0 spiro atoms. The van der Waals surface area contributed by atoms with Gasteiger partial charge in [-0.25, -0.2) is 0 Å². The molecule has 1 saturated carbocycles. The Labute approximate surface area is 125 Å². The smallest absolute Gasteiger partial charge is 0.251 e. The van der Waals surface area contributed by atoms with Crippen molar-refractivity contribution < 1.29 is 4.79 Å². The topological polar surface area (TPSA) is 32.3 Å². The summed E-state index contributed by atoms with van der Waals surface area (Å²) in [5, 5.41) is 3.09. The van der Waals surface area contributed by atoms with Gasteiger partial charge in [-0.2, -0.15) is 0 Å². The quantitative estimate of drug-likeness (QED) is 0.846. The molecule has 1 atom stereocenters. The molecule has 108 valence electrons. The number of carbonyl (C=O) groups is 1. The first-order chi connectivity index (χ1) is 9.76. The van der Waals surface area contributed by atoms with Crippen molar-refractivity contribution in [2.75, 3.05) is 25.9 Å². The average Bonchev–Trinajstić information content (AvgIpc) is 3.24. The van der Waals surface area contributed by atoms with Crippen LogP contribution in [0, 0.1) is 5.92 Å². The molecule has 1 N–H and O–H groups in total. The SMILES string of the molecule is CSc1ccc(C(=O)NCC2CCN(C3CC3)C2)cc1. The highest BCUT2D eigenvalue weighted by atomic mass is 32.2. The molecule has 1 heterocycles. The Morgan fingerprint density at radius 2 is 2.05 bits per heavy atom. The van der Waals surface area contributed by atoms with Crippen molar-refractivity contribution in [3.05, 3.63) is 29.8 Å². The summed E-state index contributed by atoms with van der Waals surface area (Å²) in [5.74, 6) is 0.688. The Morgan fingerprint density at radius 3 is 2.70 bits per heavy atom. The Morgan fingerprint density at radius 1 is 1.30 bits per heavy atom. The maximum absolute atomic E-state index is 12.1. The lowest BCUT2D eigenvalue weighted by Gasteiger charge is -2.15. The summed E-state index contributed by atoms with van der Waals surface area (Å²) >= 11 is 1.69. The zero-order valence-corrected chi connectivity index (χ0v) is 12.8. The lowest BCUT2D eigenvalue weighted by Crippen LogP contribution is -2.31. The number of hydrogen-bond acceptors (Lipinski definition) is 3. The van der Waals surface area contributed by atoms with Gasteiger partial charge < -0.3 is 10.2 Å². The minimum atomic E-state index is 0.0579. The van der Waals surface area contributed by atoms with Crippen molar-refractivity contribution in [2.45, 2.75) is 30.2 Å². The lowest BCUT2D eigenvalue weighted by atomic mass is 10.1. The Kier molecular flexibility index (Phi) is 4.32. The number of amides is 1. The Hall–Kier alpha value is -1.00. The first-order valence-electron chi connectivity index (χ1n) is 7.42. The number of nitrogens with one attached hydrogen (secondary N) is 1. The number of thioether (sulfide) groups is 1. The third kappa shape index (κ3) is 3.36. The van der Waals surface area contributed by atoms with Gasteiger partial charge in [-0.3, -0.25) is 4.79 Å². The molecule has 1 aromatic rings. The van der Waals surface area contributed by atoms with E-state index in [4.69, 9.17) is 0 Å². The molecule has 4 heteroatoms. The maximum atomic E-state index is 12.1. The van der Waals surface area contributed by atoms with Gasteiger partial charge in [0.25, 0.3) is 5.91 Å². The third-order valence-corrected chi connectivity index (χ3v) is 5.03. The largest absolute Gasteiger partial charge is 0.352 e. The molecule has 1 amide bonds. The van der Waals surface area contributed by atoms with Crippen LogP contribution in [0.2, 0.25) is 0 Å². The maximum Gasteiger partial charge on any atom is 0.251 e. The fourth-order valence-corrected chi connectivity index (χ4v) is 3.29. The predicted molar refractivity (Wildman–Crippen MR) is 83.3 cm³/mol. The summed E-state index contributed by atoms with van der Waals surface area (Å²) in [7, 11) is 0. The van der Waals surface area contributed by atoms with E-state index in [0.717, 1.165) is 24.7 Å². The second-order valence-electron chi connectivity index (χ2n) is 5.82. The molecule has 0 aromatic heterocycles. The Balaban J connectivity index is 1.46. The van der Waals surface area contributed by atoms with Gasteiger partial charge >= 0.3 is 0 Å². The number of benzene rings is 1. The summed E-state index contributed by atoms with van der Waals surface area (Å²) in [6.07, 6.45) is 6.02. The molecule has 3 rings (SSSR count). The van der Waals surface area contributed by atoms with Gasteiger partial charge in [-0.1, -0.05) is 0 Å². The van der Waals surface area contributed by atoms with E-state index in [1.54, 1.807) is 11.8 Å². The molecule has 1 aliphatic heterocycles. The normalized spacial score (nSPS) is 22.9. The van der Waals surface area contributed by atoms with Crippen LogP contribution >= 0.6 is 11.8 Å². The molecule has 2 fully saturated rings. The standard InChI is InChI=1S/C16H22N2OS/c1-20-15-6-2-13(3-7-15)16(19)17-10-12-8-9-18(11-12)14-4-5-14/h2-3,6-7,12,14H,4-5,8-11H2,1H3,(H,17,19). The fraction of sp³-hybridized carbons (Fsp3) is 0.562.